The Labute approximate surface area is 157 Å². The van der Waals surface area contributed by atoms with Crippen LogP contribution in [0.15, 0.2) is 28.0 Å². The predicted molar refractivity (Wildman–Crippen MR) is 102 cm³/mol. The van der Waals surface area contributed by atoms with Crippen molar-refractivity contribution in [3.63, 3.8) is 0 Å². The van der Waals surface area contributed by atoms with Crippen LogP contribution < -0.4 is 0 Å². The van der Waals surface area contributed by atoms with Crippen molar-refractivity contribution in [2.45, 2.75) is 29.6 Å². The average molecular weight is 404 g/mol. The van der Waals surface area contributed by atoms with Crippen molar-refractivity contribution in [2.75, 3.05) is 27.2 Å². The molecule has 1 aromatic carbocycles. The molecule has 1 heterocycles. The molecule has 2 rings (SSSR count). The van der Waals surface area contributed by atoms with Crippen LogP contribution in [0.25, 0.3) is 0 Å². The second-order valence-electron chi connectivity index (χ2n) is 6.26. The lowest BCUT2D eigenvalue weighted by Crippen LogP contribution is -2.39. The van der Waals surface area contributed by atoms with Gasteiger partial charge in [0.15, 0.2) is 0 Å². The highest BCUT2D eigenvalue weighted by Gasteiger charge is 2.30. The van der Waals surface area contributed by atoms with Gasteiger partial charge in [0.1, 0.15) is 4.32 Å². The maximum absolute atomic E-state index is 12.8. The van der Waals surface area contributed by atoms with Gasteiger partial charge in [0, 0.05) is 33.3 Å². The first kappa shape index (κ1) is 20.1. The monoisotopic (exact) mass is 403 g/mol. The van der Waals surface area contributed by atoms with E-state index in [4.69, 9.17) is 12.2 Å². The topological polar surface area (TPSA) is 83.8 Å². The molecule has 138 valence electrons. The van der Waals surface area contributed by atoms with Crippen molar-refractivity contribution in [1.29, 1.82) is 0 Å². The van der Waals surface area contributed by atoms with Crippen LogP contribution in [0.1, 0.15) is 19.8 Å². The molecule has 1 aliphatic heterocycles. The number of hydrogen-bond acceptors (Lipinski definition) is 6. The fourth-order valence-electron chi connectivity index (χ4n) is 2.59. The van der Waals surface area contributed by atoms with E-state index in [1.165, 1.54) is 16.4 Å². The normalized spacial score (nSPS) is 18.8. The molecule has 1 fully saturated rings. The Bertz CT molecular complexity index is 780. The zero-order chi connectivity index (χ0) is 18.8. The highest BCUT2D eigenvalue weighted by atomic mass is 32.2. The first-order valence-electron chi connectivity index (χ1n) is 7.80. The number of nitro benzene ring substituents is 1. The number of thioether (sulfide) groups is 1. The van der Waals surface area contributed by atoms with Crippen LogP contribution in [-0.4, -0.2) is 54.1 Å². The average Bonchev–Trinajstić information content (AvgIpc) is 2.54. The van der Waals surface area contributed by atoms with Gasteiger partial charge in [0.25, 0.3) is 5.69 Å². The summed E-state index contributed by atoms with van der Waals surface area (Å²) in [6, 6.07) is 4.01. The number of benzene rings is 1. The van der Waals surface area contributed by atoms with E-state index >= 15 is 0 Å². The van der Waals surface area contributed by atoms with Crippen molar-refractivity contribution < 1.29 is 13.3 Å². The maximum atomic E-state index is 12.8. The predicted octanol–water partition coefficient (Wildman–Crippen LogP) is 2.95. The number of rotatable bonds is 4. The largest absolute Gasteiger partial charge is 0.363 e. The van der Waals surface area contributed by atoms with Crippen LogP contribution in [0.5, 0.6) is 0 Å². The Morgan fingerprint density at radius 3 is 2.68 bits per heavy atom. The van der Waals surface area contributed by atoms with Crippen LogP contribution in [-0.2, 0) is 10.0 Å². The maximum Gasteiger partial charge on any atom is 0.284 e. The molecule has 0 aliphatic carbocycles. The lowest BCUT2D eigenvalue weighted by molar-refractivity contribution is -0.387. The molecule has 1 atom stereocenters. The number of sulfonamides is 1. The van der Waals surface area contributed by atoms with Gasteiger partial charge in [0.05, 0.1) is 14.7 Å². The summed E-state index contributed by atoms with van der Waals surface area (Å²) >= 11 is 6.24. The zero-order valence-corrected chi connectivity index (χ0v) is 16.8. The summed E-state index contributed by atoms with van der Waals surface area (Å²) < 4.78 is 27.5. The van der Waals surface area contributed by atoms with Crippen LogP contribution in [0.3, 0.4) is 0 Å². The van der Waals surface area contributed by atoms with Crippen LogP contribution in [0, 0.1) is 16.0 Å². The van der Waals surface area contributed by atoms with Gasteiger partial charge >= 0.3 is 0 Å². The Kier molecular flexibility index (Phi) is 6.41. The Morgan fingerprint density at radius 1 is 1.44 bits per heavy atom. The molecule has 0 bridgehead atoms. The van der Waals surface area contributed by atoms with Crippen molar-refractivity contribution in [1.82, 2.24) is 9.21 Å². The minimum Gasteiger partial charge on any atom is -0.363 e. The van der Waals surface area contributed by atoms with E-state index in [-0.39, 0.29) is 16.5 Å². The molecule has 0 saturated carbocycles. The minimum atomic E-state index is -3.74. The second kappa shape index (κ2) is 7.98. The Hall–Kier alpha value is -1.23. The summed E-state index contributed by atoms with van der Waals surface area (Å²) in [4.78, 5) is 12.8. The third kappa shape index (κ3) is 4.69. The SMILES string of the molecule is C[C@@H]1CCCN(S(=O)(=O)c2ccc(SC(=S)N(C)C)c([N+](=O)[O-])c2)C1. The van der Waals surface area contributed by atoms with Crippen LogP contribution >= 0.6 is 24.0 Å². The third-order valence-electron chi connectivity index (χ3n) is 3.95. The van der Waals surface area contributed by atoms with Gasteiger partial charge in [0.2, 0.25) is 10.0 Å². The van der Waals surface area contributed by atoms with Crippen molar-refractivity contribution in [3.8, 4) is 0 Å². The smallest absolute Gasteiger partial charge is 0.284 e. The highest BCUT2D eigenvalue weighted by molar-refractivity contribution is 8.23. The fraction of sp³-hybridized carbons (Fsp3) is 0.533. The molecule has 0 amide bonds. The summed E-state index contributed by atoms with van der Waals surface area (Å²) in [5, 5.41) is 11.4. The molecule has 25 heavy (non-hydrogen) atoms. The van der Waals surface area contributed by atoms with Crippen LogP contribution in [0.2, 0.25) is 0 Å². The van der Waals surface area contributed by atoms with Crippen molar-refractivity contribution in [2.24, 2.45) is 5.92 Å². The molecule has 0 aromatic heterocycles. The highest BCUT2D eigenvalue weighted by Crippen LogP contribution is 2.34. The summed E-state index contributed by atoms with van der Waals surface area (Å²) in [5.41, 5.74) is -0.250. The van der Waals surface area contributed by atoms with Crippen molar-refractivity contribution >= 4 is 44.0 Å². The van der Waals surface area contributed by atoms with E-state index in [9.17, 15) is 18.5 Å². The zero-order valence-electron chi connectivity index (χ0n) is 14.3. The minimum absolute atomic E-state index is 0.0478. The standard InChI is InChI=1S/C15H21N3O4S3/c1-11-5-4-8-17(10-11)25(21,22)12-6-7-14(13(9-12)18(19)20)24-15(23)16(2)3/h6-7,9,11H,4-5,8,10H2,1-3H3/t11-/m1/s1. The Morgan fingerprint density at radius 2 is 2.12 bits per heavy atom. The van der Waals surface area contributed by atoms with E-state index in [2.05, 4.69) is 0 Å². The van der Waals surface area contributed by atoms with Gasteiger partial charge in [-0.05, 0) is 30.9 Å². The van der Waals surface area contributed by atoms with Crippen LogP contribution in [0.4, 0.5) is 5.69 Å². The molecule has 0 N–H and O–H groups in total. The van der Waals surface area contributed by atoms with Gasteiger partial charge in [-0.1, -0.05) is 30.9 Å². The fourth-order valence-corrected chi connectivity index (χ4v) is 5.22. The van der Waals surface area contributed by atoms with Gasteiger partial charge in [-0.2, -0.15) is 4.31 Å². The quantitative estimate of drug-likeness (QED) is 0.331. The number of hydrogen-bond donors (Lipinski definition) is 0. The number of piperidine rings is 1. The molecule has 0 radical (unpaired) electrons. The molecule has 0 unspecified atom stereocenters. The van der Waals surface area contributed by atoms with Gasteiger partial charge in [-0.15, -0.1) is 0 Å². The number of nitro groups is 1. The summed E-state index contributed by atoms with van der Waals surface area (Å²) in [6.45, 7) is 2.89. The Balaban J connectivity index is 2.38. The molecule has 1 saturated heterocycles. The first-order chi connectivity index (χ1) is 11.6. The van der Waals surface area contributed by atoms with Crippen molar-refractivity contribution in [3.05, 3.63) is 28.3 Å². The molecular weight excluding hydrogens is 382 g/mol. The summed E-state index contributed by atoms with van der Waals surface area (Å²) in [7, 11) is -0.241. The van der Waals surface area contributed by atoms with E-state index in [1.54, 1.807) is 19.0 Å². The second-order valence-corrected chi connectivity index (χ2v) is 9.87. The summed E-state index contributed by atoms with van der Waals surface area (Å²) in [6.07, 6.45) is 1.79. The molecule has 7 nitrogen and oxygen atoms in total. The third-order valence-corrected chi connectivity index (χ3v) is 7.53. The summed E-state index contributed by atoms with van der Waals surface area (Å²) in [5.74, 6) is 0.283. The van der Waals surface area contributed by atoms with E-state index in [1.807, 2.05) is 6.92 Å². The molecular formula is C15H21N3O4S3. The molecule has 10 heteroatoms. The van der Waals surface area contributed by atoms with E-state index in [0.717, 1.165) is 30.7 Å². The lowest BCUT2D eigenvalue weighted by atomic mass is 10.0. The number of thiocarbonyl (C=S) groups is 1. The van der Waals surface area contributed by atoms with Gasteiger partial charge < -0.3 is 4.90 Å². The molecule has 0 spiro atoms. The number of nitrogens with zero attached hydrogens (tertiary/aromatic N) is 3. The molecule has 1 aliphatic rings. The first-order valence-corrected chi connectivity index (χ1v) is 10.5. The van der Waals surface area contributed by atoms with Gasteiger partial charge in [-0.25, -0.2) is 8.42 Å². The van der Waals surface area contributed by atoms with E-state index < -0.39 is 14.9 Å². The lowest BCUT2D eigenvalue weighted by Gasteiger charge is -2.30. The van der Waals surface area contributed by atoms with Gasteiger partial charge in [-0.3, -0.25) is 10.1 Å². The van der Waals surface area contributed by atoms with E-state index in [0.29, 0.717) is 22.3 Å². The molecule has 1 aromatic rings.